The van der Waals surface area contributed by atoms with E-state index in [9.17, 15) is 14.4 Å². The number of carboxylic acid groups (broad SMARTS) is 1. The lowest BCUT2D eigenvalue weighted by Gasteiger charge is -2.36. The number of hydrogen-bond donors (Lipinski definition) is 1. The summed E-state index contributed by atoms with van der Waals surface area (Å²) in [5.74, 6) is -0.763. The number of benzene rings is 1. The molecule has 0 unspecified atom stereocenters. The number of hydrogen-bond acceptors (Lipinski definition) is 8. The average Bonchev–Trinajstić information content (AvgIpc) is 3.59. The van der Waals surface area contributed by atoms with E-state index in [0.717, 1.165) is 18.9 Å². The normalized spacial score (nSPS) is 16.7. The van der Waals surface area contributed by atoms with E-state index in [1.807, 2.05) is 11.8 Å². The van der Waals surface area contributed by atoms with Crippen LogP contribution in [0, 0.1) is 5.82 Å². The molecule has 1 saturated heterocycles. The Bertz CT molecular complexity index is 1420. The molecular formula is C23H23ClFN3O7. The van der Waals surface area contributed by atoms with Crippen LogP contribution in [0.4, 0.5) is 14.9 Å². The average molecular weight is 508 g/mol. The van der Waals surface area contributed by atoms with Gasteiger partial charge in [-0.15, -0.1) is 0 Å². The predicted molar refractivity (Wildman–Crippen MR) is 124 cm³/mol. The van der Waals surface area contributed by atoms with E-state index in [4.69, 9.17) is 25.5 Å². The van der Waals surface area contributed by atoms with Crippen LogP contribution in [-0.4, -0.2) is 46.9 Å². The molecule has 0 amide bonds. The SMILES string of the molecule is CCc1oc(=O)oc1CN1CCN(c2c(F)cc3c(=O)c(OC(=O)O)cn(C4CC4)c3c2Cl)CC1. The number of aromatic nitrogens is 1. The standard InChI is InChI=1S/C23H23ClFN3O7/c1-2-15-16(35-23(32)34-15)10-26-5-7-27(8-6-26)20-14(25)9-13-19(18(20)24)28(12-3-4-12)11-17(21(13)29)33-22(30)31/h9,11-12H,2-8,10H2,1H3,(H,30,31). The number of nitrogens with zero attached hydrogens (tertiary/aromatic N) is 3. The third-order valence-electron chi connectivity index (χ3n) is 6.39. The van der Waals surface area contributed by atoms with Crippen molar-refractivity contribution in [2.75, 3.05) is 31.1 Å². The largest absolute Gasteiger partial charge is 0.519 e. The van der Waals surface area contributed by atoms with Gasteiger partial charge in [-0.2, -0.15) is 0 Å². The van der Waals surface area contributed by atoms with E-state index in [1.54, 1.807) is 4.57 Å². The summed E-state index contributed by atoms with van der Waals surface area (Å²) in [6, 6.07) is 1.13. The van der Waals surface area contributed by atoms with Gasteiger partial charge < -0.3 is 28.1 Å². The van der Waals surface area contributed by atoms with Crippen molar-refractivity contribution in [3.8, 4) is 5.75 Å². The Balaban J connectivity index is 1.45. The molecule has 3 aromatic rings. The number of anilines is 1. The van der Waals surface area contributed by atoms with Crippen LogP contribution in [0.1, 0.15) is 37.3 Å². The third kappa shape index (κ3) is 4.41. The summed E-state index contributed by atoms with van der Waals surface area (Å²) in [4.78, 5) is 39.2. The van der Waals surface area contributed by atoms with Crippen LogP contribution in [0.2, 0.25) is 5.02 Å². The molecule has 0 spiro atoms. The Morgan fingerprint density at radius 2 is 1.89 bits per heavy atom. The molecular weight excluding hydrogens is 485 g/mol. The van der Waals surface area contributed by atoms with E-state index < -0.39 is 23.2 Å². The second-order valence-electron chi connectivity index (χ2n) is 8.66. The van der Waals surface area contributed by atoms with Gasteiger partial charge in [0.2, 0.25) is 5.43 Å². The fourth-order valence-electron chi connectivity index (χ4n) is 4.56. The van der Waals surface area contributed by atoms with Crippen LogP contribution >= 0.6 is 11.6 Å². The molecule has 3 heterocycles. The van der Waals surface area contributed by atoms with Gasteiger partial charge in [0.05, 0.1) is 34.4 Å². The summed E-state index contributed by atoms with van der Waals surface area (Å²) < 4.78 is 31.9. The molecule has 1 aromatic carbocycles. The molecule has 12 heteroatoms. The number of piperazine rings is 1. The number of aryl methyl sites for hydroxylation is 1. The maximum Gasteiger partial charge on any atom is 0.519 e. The molecule has 5 rings (SSSR count). The quantitative estimate of drug-likeness (QED) is 0.499. The van der Waals surface area contributed by atoms with Crippen molar-refractivity contribution in [3.05, 3.63) is 55.5 Å². The fourth-order valence-corrected chi connectivity index (χ4v) is 4.97. The topological polar surface area (TPSA) is 118 Å². The first kappa shape index (κ1) is 23.4. The molecule has 2 fully saturated rings. The van der Waals surface area contributed by atoms with Crippen molar-refractivity contribution in [2.24, 2.45) is 0 Å². The Morgan fingerprint density at radius 3 is 2.51 bits per heavy atom. The second-order valence-corrected chi connectivity index (χ2v) is 9.04. The second kappa shape index (κ2) is 9.04. The van der Waals surface area contributed by atoms with Crippen molar-refractivity contribution < 1.29 is 27.9 Å². The predicted octanol–water partition coefficient (Wildman–Crippen LogP) is 3.62. The minimum absolute atomic E-state index is 0.0254. The molecule has 0 bridgehead atoms. The molecule has 0 radical (unpaired) electrons. The molecule has 1 aliphatic heterocycles. The monoisotopic (exact) mass is 507 g/mol. The summed E-state index contributed by atoms with van der Waals surface area (Å²) in [7, 11) is 0. The highest BCUT2D eigenvalue weighted by molar-refractivity contribution is 6.38. The smallest absolute Gasteiger partial charge is 0.449 e. The highest BCUT2D eigenvalue weighted by Crippen LogP contribution is 2.42. The van der Waals surface area contributed by atoms with Crippen LogP contribution < -0.4 is 20.9 Å². The molecule has 186 valence electrons. The number of rotatable bonds is 6. The zero-order chi connectivity index (χ0) is 24.9. The van der Waals surface area contributed by atoms with Gasteiger partial charge in [-0.25, -0.2) is 14.0 Å². The van der Waals surface area contributed by atoms with Gasteiger partial charge in [-0.05, 0) is 18.9 Å². The molecule has 2 aliphatic rings. The molecule has 1 saturated carbocycles. The minimum Gasteiger partial charge on any atom is -0.449 e. The molecule has 2 aromatic heterocycles. The molecule has 1 N–H and O–H groups in total. The first-order chi connectivity index (χ1) is 16.8. The number of ether oxygens (including phenoxy) is 1. The highest BCUT2D eigenvalue weighted by atomic mass is 35.5. The fraction of sp³-hybridized carbons (Fsp3) is 0.435. The van der Waals surface area contributed by atoms with Crippen LogP contribution in [0.3, 0.4) is 0 Å². The van der Waals surface area contributed by atoms with Crippen molar-refractivity contribution in [1.82, 2.24) is 9.47 Å². The van der Waals surface area contributed by atoms with Gasteiger partial charge in [0.25, 0.3) is 0 Å². The van der Waals surface area contributed by atoms with E-state index in [0.29, 0.717) is 56.2 Å². The van der Waals surface area contributed by atoms with Gasteiger partial charge in [-0.1, -0.05) is 18.5 Å². The van der Waals surface area contributed by atoms with Gasteiger partial charge in [0, 0.05) is 38.6 Å². The van der Waals surface area contributed by atoms with E-state index >= 15 is 4.39 Å². The first-order valence-corrected chi connectivity index (χ1v) is 11.7. The third-order valence-corrected chi connectivity index (χ3v) is 6.75. The summed E-state index contributed by atoms with van der Waals surface area (Å²) in [5.41, 5.74) is -0.170. The number of fused-ring (bicyclic) bond motifs is 1. The van der Waals surface area contributed by atoms with Crippen molar-refractivity contribution in [2.45, 2.75) is 38.8 Å². The van der Waals surface area contributed by atoms with Crippen LogP contribution in [0.25, 0.3) is 10.9 Å². The number of carbonyl (C=O) groups is 1. The van der Waals surface area contributed by atoms with Crippen molar-refractivity contribution >= 4 is 34.3 Å². The molecule has 1 aliphatic carbocycles. The summed E-state index contributed by atoms with van der Waals surface area (Å²) in [6.45, 7) is 4.32. The highest BCUT2D eigenvalue weighted by Gasteiger charge is 2.31. The van der Waals surface area contributed by atoms with Gasteiger partial charge in [-0.3, -0.25) is 9.69 Å². The Morgan fingerprint density at radius 1 is 1.20 bits per heavy atom. The minimum atomic E-state index is -1.62. The van der Waals surface area contributed by atoms with Crippen LogP contribution in [0.15, 0.2) is 30.7 Å². The lowest BCUT2D eigenvalue weighted by Crippen LogP contribution is -2.46. The van der Waals surface area contributed by atoms with E-state index in [2.05, 4.69) is 9.64 Å². The Kier molecular flexibility index (Phi) is 6.06. The summed E-state index contributed by atoms with van der Waals surface area (Å²) in [6.07, 6.45) is 1.92. The Labute approximate surface area is 203 Å². The summed E-state index contributed by atoms with van der Waals surface area (Å²) >= 11 is 6.72. The van der Waals surface area contributed by atoms with Crippen LogP contribution in [-0.2, 0) is 13.0 Å². The summed E-state index contributed by atoms with van der Waals surface area (Å²) in [5, 5.41) is 9.05. The molecule has 0 atom stereocenters. The zero-order valence-corrected chi connectivity index (χ0v) is 19.6. The van der Waals surface area contributed by atoms with E-state index in [-0.39, 0.29) is 27.9 Å². The van der Waals surface area contributed by atoms with Gasteiger partial charge in [0.15, 0.2) is 17.3 Å². The lowest BCUT2D eigenvalue weighted by atomic mass is 10.1. The Hall–Kier alpha value is -3.31. The van der Waals surface area contributed by atoms with Crippen molar-refractivity contribution in [1.29, 1.82) is 0 Å². The maximum atomic E-state index is 15.3. The zero-order valence-electron chi connectivity index (χ0n) is 18.9. The van der Waals surface area contributed by atoms with Gasteiger partial charge in [0.1, 0.15) is 5.82 Å². The maximum absolute atomic E-state index is 15.3. The first-order valence-electron chi connectivity index (χ1n) is 11.3. The van der Waals surface area contributed by atoms with Crippen LogP contribution in [0.5, 0.6) is 5.75 Å². The lowest BCUT2D eigenvalue weighted by molar-refractivity contribution is 0.143. The number of pyridine rings is 1. The number of halogens is 2. The van der Waals surface area contributed by atoms with Crippen molar-refractivity contribution in [3.63, 3.8) is 0 Å². The van der Waals surface area contributed by atoms with Gasteiger partial charge >= 0.3 is 12.0 Å². The molecule has 35 heavy (non-hydrogen) atoms. The molecule has 10 nitrogen and oxygen atoms in total. The van der Waals surface area contributed by atoms with E-state index in [1.165, 1.54) is 6.20 Å².